The van der Waals surface area contributed by atoms with E-state index in [1.165, 1.54) is 0 Å². The predicted molar refractivity (Wildman–Crippen MR) is 70.8 cm³/mol. The van der Waals surface area contributed by atoms with Crippen LogP contribution in [0, 0.1) is 0 Å². The number of hydrogen-bond donors (Lipinski definition) is 0. The summed E-state index contributed by atoms with van der Waals surface area (Å²) in [6, 6.07) is 8.18. The van der Waals surface area contributed by atoms with E-state index in [-0.39, 0.29) is 0 Å². The highest BCUT2D eigenvalue weighted by Crippen LogP contribution is 2.09. The fraction of sp³-hybridized carbons (Fsp3) is 0.417. The Balaban J connectivity index is 1.91. The topological polar surface area (TPSA) is 18.8 Å². The van der Waals surface area contributed by atoms with E-state index in [0.717, 1.165) is 36.2 Å². The third-order valence-corrected chi connectivity index (χ3v) is 3.25. The molecule has 2 rings (SSSR count). The Bertz CT molecular complexity index is 353. The molecule has 0 radical (unpaired) electrons. The summed E-state index contributed by atoms with van der Waals surface area (Å²) in [5, 5.41) is 6.61. The maximum Gasteiger partial charge on any atom is 0.0542 e. The standard InChI is InChI=1S/C12H16BrN3/c1-15-6-8-16(9-7-15)14-10-11-2-4-12(13)5-3-11/h2-5,10H,6-9H2,1H3/b14-10+. The van der Waals surface area contributed by atoms with Gasteiger partial charge in [0.05, 0.1) is 6.21 Å². The van der Waals surface area contributed by atoms with Gasteiger partial charge in [0.25, 0.3) is 0 Å². The van der Waals surface area contributed by atoms with Gasteiger partial charge in [-0.2, -0.15) is 5.10 Å². The lowest BCUT2D eigenvalue weighted by Crippen LogP contribution is -2.41. The van der Waals surface area contributed by atoms with E-state index in [1.54, 1.807) is 0 Å². The summed E-state index contributed by atoms with van der Waals surface area (Å²) in [7, 11) is 2.15. The minimum Gasteiger partial charge on any atom is -0.303 e. The maximum absolute atomic E-state index is 4.48. The Morgan fingerprint density at radius 2 is 1.75 bits per heavy atom. The summed E-state index contributed by atoms with van der Waals surface area (Å²) in [4.78, 5) is 2.33. The molecular formula is C12H16BrN3. The number of nitrogens with zero attached hydrogens (tertiary/aromatic N) is 3. The molecular weight excluding hydrogens is 266 g/mol. The Morgan fingerprint density at radius 3 is 2.38 bits per heavy atom. The molecule has 4 heteroatoms. The van der Waals surface area contributed by atoms with E-state index in [0.29, 0.717) is 0 Å². The third-order valence-electron chi connectivity index (χ3n) is 2.72. The summed E-state index contributed by atoms with van der Waals surface area (Å²) >= 11 is 3.42. The first-order valence-electron chi connectivity index (χ1n) is 5.47. The van der Waals surface area contributed by atoms with Crippen molar-refractivity contribution < 1.29 is 0 Å². The van der Waals surface area contributed by atoms with Crippen LogP contribution in [0.4, 0.5) is 0 Å². The second-order valence-electron chi connectivity index (χ2n) is 4.05. The van der Waals surface area contributed by atoms with E-state index in [2.05, 4.69) is 50.1 Å². The molecule has 1 aromatic rings. The van der Waals surface area contributed by atoms with Crippen molar-refractivity contribution in [2.24, 2.45) is 5.10 Å². The lowest BCUT2D eigenvalue weighted by atomic mass is 10.2. The summed E-state index contributed by atoms with van der Waals surface area (Å²) < 4.78 is 1.10. The Labute approximate surface area is 105 Å². The molecule has 0 N–H and O–H groups in total. The minimum absolute atomic E-state index is 1.02. The largest absolute Gasteiger partial charge is 0.303 e. The minimum atomic E-state index is 1.02. The van der Waals surface area contributed by atoms with Crippen LogP contribution in [0.3, 0.4) is 0 Å². The summed E-state index contributed by atoms with van der Waals surface area (Å²) in [6.45, 7) is 4.22. The van der Waals surface area contributed by atoms with Crippen molar-refractivity contribution in [3.8, 4) is 0 Å². The average molecular weight is 282 g/mol. The zero-order chi connectivity index (χ0) is 11.4. The Kier molecular flexibility index (Phi) is 3.96. The molecule has 0 saturated carbocycles. The molecule has 1 heterocycles. The lowest BCUT2D eigenvalue weighted by Gasteiger charge is -2.30. The van der Waals surface area contributed by atoms with Gasteiger partial charge in [-0.15, -0.1) is 0 Å². The molecule has 0 amide bonds. The SMILES string of the molecule is CN1CCN(/N=C/c2ccc(Br)cc2)CC1. The normalized spacial score (nSPS) is 18.2. The van der Waals surface area contributed by atoms with Gasteiger partial charge in [-0.05, 0) is 24.7 Å². The fourth-order valence-electron chi connectivity index (χ4n) is 1.61. The molecule has 1 aliphatic heterocycles. The van der Waals surface area contributed by atoms with Crippen LogP contribution in [0.1, 0.15) is 5.56 Å². The molecule has 0 spiro atoms. The van der Waals surface area contributed by atoms with Crippen molar-refractivity contribution in [2.45, 2.75) is 0 Å². The molecule has 0 bridgehead atoms. The van der Waals surface area contributed by atoms with Gasteiger partial charge < -0.3 is 4.90 Å². The molecule has 1 aromatic carbocycles. The average Bonchev–Trinajstić information content (AvgIpc) is 2.30. The number of likely N-dealkylation sites (N-methyl/N-ethyl adjacent to an activating group) is 1. The maximum atomic E-state index is 4.48. The number of hydrazone groups is 1. The summed E-state index contributed by atoms with van der Waals surface area (Å²) in [5.41, 5.74) is 1.14. The third kappa shape index (κ3) is 3.32. The van der Waals surface area contributed by atoms with Crippen LogP contribution in [-0.2, 0) is 0 Å². The molecule has 0 unspecified atom stereocenters. The van der Waals surface area contributed by atoms with Crippen LogP contribution in [0.5, 0.6) is 0 Å². The molecule has 1 fully saturated rings. The van der Waals surface area contributed by atoms with Gasteiger partial charge in [0, 0.05) is 30.7 Å². The van der Waals surface area contributed by atoms with Gasteiger partial charge in [-0.25, -0.2) is 0 Å². The predicted octanol–water partition coefficient (Wildman–Crippen LogP) is 2.03. The molecule has 0 aliphatic carbocycles. The van der Waals surface area contributed by atoms with Crippen LogP contribution in [0.2, 0.25) is 0 Å². The van der Waals surface area contributed by atoms with E-state index in [1.807, 2.05) is 18.3 Å². The van der Waals surface area contributed by atoms with E-state index in [4.69, 9.17) is 0 Å². The van der Waals surface area contributed by atoms with Crippen molar-refractivity contribution in [3.63, 3.8) is 0 Å². The molecule has 16 heavy (non-hydrogen) atoms. The van der Waals surface area contributed by atoms with Crippen LogP contribution >= 0.6 is 15.9 Å². The van der Waals surface area contributed by atoms with E-state index < -0.39 is 0 Å². The van der Waals surface area contributed by atoms with Crippen molar-refractivity contribution in [2.75, 3.05) is 33.2 Å². The monoisotopic (exact) mass is 281 g/mol. The first-order valence-corrected chi connectivity index (χ1v) is 6.26. The Morgan fingerprint density at radius 1 is 1.12 bits per heavy atom. The van der Waals surface area contributed by atoms with Crippen molar-refractivity contribution in [3.05, 3.63) is 34.3 Å². The second-order valence-corrected chi connectivity index (χ2v) is 4.97. The first kappa shape index (κ1) is 11.6. The second kappa shape index (κ2) is 5.46. The van der Waals surface area contributed by atoms with Crippen molar-refractivity contribution >= 4 is 22.1 Å². The highest BCUT2D eigenvalue weighted by atomic mass is 79.9. The molecule has 3 nitrogen and oxygen atoms in total. The summed E-state index contributed by atoms with van der Waals surface area (Å²) in [6.07, 6.45) is 1.93. The van der Waals surface area contributed by atoms with Crippen LogP contribution in [0.25, 0.3) is 0 Å². The highest BCUT2D eigenvalue weighted by Gasteiger charge is 2.10. The van der Waals surface area contributed by atoms with Crippen LogP contribution in [0.15, 0.2) is 33.8 Å². The van der Waals surface area contributed by atoms with Crippen molar-refractivity contribution in [1.29, 1.82) is 0 Å². The quantitative estimate of drug-likeness (QED) is 0.773. The van der Waals surface area contributed by atoms with Gasteiger partial charge in [-0.3, -0.25) is 5.01 Å². The zero-order valence-electron chi connectivity index (χ0n) is 9.43. The van der Waals surface area contributed by atoms with Crippen LogP contribution in [-0.4, -0.2) is 49.4 Å². The van der Waals surface area contributed by atoms with E-state index >= 15 is 0 Å². The molecule has 86 valence electrons. The molecule has 1 aliphatic rings. The van der Waals surface area contributed by atoms with Crippen LogP contribution < -0.4 is 0 Å². The van der Waals surface area contributed by atoms with Gasteiger partial charge in [-0.1, -0.05) is 28.1 Å². The fourth-order valence-corrected chi connectivity index (χ4v) is 1.87. The van der Waals surface area contributed by atoms with Gasteiger partial charge in [0.2, 0.25) is 0 Å². The smallest absolute Gasteiger partial charge is 0.0542 e. The molecule has 1 saturated heterocycles. The number of hydrogen-bond acceptors (Lipinski definition) is 3. The number of piperazine rings is 1. The van der Waals surface area contributed by atoms with Gasteiger partial charge in [0.15, 0.2) is 0 Å². The number of halogens is 1. The van der Waals surface area contributed by atoms with Crippen molar-refractivity contribution in [1.82, 2.24) is 9.91 Å². The summed E-state index contributed by atoms with van der Waals surface area (Å²) in [5.74, 6) is 0. The molecule has 0 aromatic heterocycles. The zero-order valence-corrected chi connectivity index (χ0v) is 11.0. The Hall–Kier alpha value is -0.870. The number of rotatable bonds is 2. The van der Waals surface area contributed by atoms with E-state index in [9.17, 15) is 0 Å². The lowest BCUT2D eigenvalue weighted by molar-refractivity contribution is 0.159. The number of benzene rings is 1. The molecule has 0 atom stereocenters. The van der Waals surface area contributed by atoms with Gasteiger partial charge >= 0.3 is 0 Å². The van der Waals surface area contributed by atoms with Gasteiger partial charge in [0.1, 0.15) is 0 Å². The first-order chi connectivity index (χ1) is 7.74. The highest BCUT2D eigenvalue weighted by molar-refractivity contribution is 9.10.